The maximum atomic E-state index is 13.3. The van der Waals surface area contributed by atoms with E-state index < -0.39 is 6.67 Å². The molecule has 1 heterocycles. The van der Waals surface area contributed by atoms with Crippen LogP contribution < -0.4 is 10.1 Å². The fourth-order valence-corrected chi connectivity index (χ4v) is 3.51. The largest absolute Gasteiger partial charge is 0.491 e. The van der Waals surface area contributed by atoms with Crippen LogP contribution in [0, 0.1) is 11.7 Å². The van der Waals surface area contributed by atoms with Crippen LogP contribution >= 0.6 is 0 Å². The minimum atomic E-state index is -0.491. The Bertz CT molecular complexity index is 621. The number of piperidine rings is 1. The van der Waals surface area contributed by atoms with Gasteiger partial charge in [-0.2, -0.15) is 0 Å². The van der Waals surface area contributed by atoms with E-state index in [0.717, 1.165) is 31.5 Å². The smallest absolute Gasteiger partial charge is 0.123 e. The first kappa shape index (κ1) is 16.9. The van der Waals surface area contributed by atoms with Gasteiger partial charge in [0.1, 0.15) is 24.8 Å². The Kier molecular flexibility index (Phi) is 5.81. The molecule has 24 heavy (non-hydrogen) atoms. The minimum absolute atomic E-state index is 0.0784. The standard InChI is InChI=1S/C20H23F2NO/c21-11-14-24-19-7-3-16(4-8-19)20(17-9-12-23-13-10-17)15-1-5-18(22)6-2-15/h1-8,17,20,23H,9-14H2/t20-/m1/s1. The van der Waals surface area contributed by atoms with E-state index in [1.54, 1.807) is 0 Å². The van der Waals surface area contributed by atoms with E-state index in [1.807, 2.05) is 36.4 Å². The van der Waals surface area contributed by atoms with Crippen LogP contribution in [0.3, 0.4) is 0 Å². The normalized spacial score (nSPS) is 16.8. The molecule has 1 N–H and O–H groups in total. The van der Waals surface area contributed by atoms with Gasteiger partial charge < -0.3 is 10.1 Å². The molecule has 0 radical (unpaired) electrons. The van der Waals surface area contributed by atoms with Crippen molar-refractivity contribution < 1.29 is 13.5 Å². The molecule has 0 spiro atoms. The summed E-state index contributed by atoms with van der Waals surface area (Å²) < 4.78 is 30.9. The van der Waals surface area contributed by atoms with Crippen LogP contribution in [0.5, 0.6) is 5.75 Å². The van der Waals surface area contributed by atoms with Crippen LogP contribution in [0.15, 0.2) is 48.5 Å². The average molecular weight is 331 g/mol. The van der Waals surface area contributed by atoms with Gasteiger partial charge in [-0.1, -0.05) is 24.3 Å². The van der Waals surface area contributed by atoms with Gasteiger partial charge in [-0.3, -0.25) is 0 Å². The van der Waals surface area contributed by atoms with Crippen molar-refractivity contribution in [2.75, 3.05) is 26.4 Å². The Hall–Kier alpha value is -1.94. The molecule has 0 aliphatic carbocycles. The summed E-state index contributed by atoms with van der Waals surface area (Å²) in [6, 6.07) is 14.7. The van der Waals surface area contributed by atoms with Crippen molar-refractivity contribution in [2.45, 2.75) is 18.8 Å². The van der Waals surface area contributed by atoms with E-state index in [-0.39, 0.29) is 18.3 Å². The summed E-state index contributed by atoms with van der Waals surface area (Å²) in [7, 11) is 0. The highest BCUT2D eigenvalue weighted by Gasteiger charge is 2.26. The van der Waals surface area contributed by atoms with Crippen LogP contribution in [-0.4, -0.2) is 26.4 Å². The van der Waals surface area contributed by atoms with Gasteiger partial charge in [0, 0.05) is 5.92 Å². The van der Waals surface area contributed by atoms with E-state index in [0.29, 0.717) is 11.7 Å². The van der Waals surface area contributed by atoms with Crippen molar-refractivity contribution in [1.82, 2.24) is 5.32 Å². The molecule has 4 heteroatoms. The Balaban J connectivity index is 1.87. The summed E-state index contributed by atoms with van der Waals surface area (Å²) in [5.41, 5.74) is 2.34. The first-order valence-corrected chi connectivity index (χ1v) is 8.53. The lowest BCUT2D eigenvalue weighted by atomic mass is 9.76. The van der Waals surface area contributed by atoms with Crippen molar-refractivity contribution in [3.8, 4) is 5.75 Å². The maximum Gasteiger partial charge on any atom is 0.123 e. The van der Waals surface area contributed by atoms with Crippen molar-refractivity contribution in [1.29, 1.82) is 0 Å². The van der Waals surface area contributed by atoms with Gasteiger partial charge in [0.2, 0.25) is 0 Å². The number of halogens is 2. The van der Waals surface area contributed by atoms with E-state index in [1.165, 1.54) is 17.7 Å². The lowest BCUT2D eigenvalue weighted by Crippen LogP contribution is -2.31. The first-order valence-electron chi connectivity index (χ1n) is 8.53. The molecule has 1 atom stereocenters. The molecule has 0 saturated carbocycles. The summed E-state index contributed by atoms with van der Waals surface area (Å²) in [6.07, 6.45) is 2.20. The monoisotopic (exact) mass is 331 g/mol. The molecule has 1 aliphatic rings. The maximum absolute atomic E-state index is 13.3. The molecule has 1 fully saturated rings. The van der Waals surface area contributed by atoms with Crippen LogP contribution in [0.1, 0.15) is 29.9 Å². The molecule has 0 aromatic heterocycles. The molecular weight excluding hydrogens is 308 g/mol. The fraction of sp³-hybridized carbons (Fsp3) is 0.400. The zero-order valence-electron chi connectivity index (χ0n) is 13.7. The van der Waals surface area contributed by atoms with Gasteiger partial charge in [-0.15, -0.1) is 0 Å². The zero-order chi connectivity index (χ0) is 16.8. The van der Waals surface area contributed by atoms with Crippen LogP contribution in [0.2, 0.25) is 0 Å². The molecule has 2 aromatic rings. The Morgan fingerprint density at radius 1 is 0.958 bits per heavy atom. The third-order valence-corrected chi connectivity index (χ3v) is 4.67. The SMILES string of the molecule is FCCOc1ccc([C@@H](c2ccc(F)cc2)C2CCNCC2)cc1. The van der Waals surface area contributed by atoms with Crippen molar-refractivity contribution in [2.24, 2.45) is 5.92 Å². The predicted octanol–water partition coefficient (Wildman–Crippen LogP) is 4.31. The predicted molar refractivity (Wildman–Crippen MR) is 91.7 cm³/mol. The summed E-state index contributed by atoms with van der Waals surface area (Å²) >= 11 is 0. The molecule has 128 valence electrons. The number of rotatable bonds is 6. The first-order chi connectivity index (χ1) is 11.8. The van der Waals surface area contributed by atoms with E-state index in [9.17, 15) is 8.78 Å². The van der Waals surface area contributed by atoms with E-state index >= 15 is 0 Å². The zero-order valence-corrected chi connectivity index (χ0v) is 13.7. The average Bonchev–Trinajstić information content (AvgIpc) is 2.64. The Labute approximate surface area is 141 Å². The Morgan fingerprint density at radius 2 is 1.54 bits per heavy atom. The van der Waals surface area contributed by atoms with Crippen LogP contribution in [-0.2, 0) is 0 Å². The second-order valence-corrected chi connectivity index (χ2v) is 6.22. The molecule has 0 bridgehead atoms. The van der Waals surface area contributed by atoms with Gasteiger partial charge in [-0.25, -0.2) is 8.78 Å². The molecule has 2 aromatic carbocycles. The van der Waals surface area contributed by atoms with Gasteiger partial charge in [-0.05, 0) is 67.2 Å². The number of hydrogen-bond donors (Lipinski definition) is 1. The molecule has 0 amide bonds. The number of hydrogen-bond acceptors (Lipinski definition) is 2. The van der Waals surface area contributed by atoms with Crippen LogP contribution in [0.25, 0.3) is 0 Å². The van der Waals surface area contributed by atoms with Crippen molar-refractivity contribution in [3.05, 3.63) is 65.5 Å². The molecule has 2 nitrogen and oxygen atoms in total. The lowest BCUT2D eigenvalue weighted by Gasteiger charge is -2.31. The van der Waals surface area contributed by atoms with E-state index in [2.05, 4.69) is 5.32 Å². The van der Waals surface area contributed by atoms with Crippen LogP contribution in [0.4, 0.5) is 8.78 Å². The summed E-state index contributed by atoms with van der Waals surface area (Å²) in [5.74, 6) is 1.23. The summed E-state index contributed by atoms with van der Waals surface area (Å²) in [5, 5.41) is 3.40. The fourth-order valence-electron chi connectivity index (χ4n) is 3.51. The molecule has 0 unspecified atom stereocenters. The highest BCUT2D eigenvalue weighted by Crippen LogP contribution is 2.37. The van der Waals surface area contributed by atoms with Gasteiger partial charge >= 0.3 is 0 Å². The number of nitrogens with one attached hydrogen (secondary N) is 1. The second kappa shape index (κ2) is 8.25. The molecule has 1 saturated heterocycles. The Morgan fingerprint density at radius 3 is 2.12 bits per heavy atom. The number of alkyl halides is 1. The molecule has 3 rings (SSSR count). The highest BCUT2D eigenvalue weighted by molar-refractivity contribution is 5.37. The summed E-state index contributed by atoms with van der Waals surface area (Å²) in [6.45, 7) is 1.62. The van der Waals surface area contributed by atoms with E-state index in [4.69, 9.17) is 4.74 Å². The topological polar surface area (TPSA) is 21.3 Å². The van der Waals surface area contributed by atoms with Crippen molar-refractivity contribution in [3.63, 3.8) is 0 Å². The quantitative estimate of drug-likeness (QED) is 0.852. The van der Waals surface area contributed by atoms with Crippen molar-refractivity contribution >= 4 is 0 Å². The molecular formula is C20H23F2NO. The third-order valence-electron chi connectivity index (χ3n) is 4.67. The second-order valence-electron chi connectivity index (χ2n) is 6.22. The lowest BCUT2D eigenvalue weighted by molar-refractivity contribution is 0.273. The summed E-state index contributed by atoms with van der Waals surface area (Å²) in [4.78, 5) is 0. The van der Waals surface area contributed by atoms with Gasteiger partial charge in [0.15, 0.2) is 0 Å². The van der Waals surface area contributed by atoms with Gasteiger partial charge in [0.25, 0.3) is 0 Å². The number of ether oxygens (including phenoxy) is 1. The van der Waals surface area contributed by atoms with Gasteiger partial charge in [0.05, 0.1) is 0 Å². The molecule has 1 aliphatic heterocycles. The highest BCUT2D eigenvalue weighted by atomic mass is 19.1. The number of benzene rings is 2. The minimum Gasteiger partial charge on any atom is -0.491 e. The third kappa shape index (κ3) is 4.12.